The molecule has 1 amide bonds. The maximum absolute atomic E-state index is 10.7. The molecule has 0 atom stereocenters. The summed E-state index contributed by atoms with van der Waals surface area (Å²) in [4.78, 5) is 19.5. The Balaban J connectivity index is 2.50. The number of nitrogens with two attached hydrogens (primary N) is 1. The van der Waals surface area contributed by atoms with E-state index in [1.54, 1.807) is 5.51 Å². The summed E-state index contributed by atoms with van der Waals surface area (Å²) in [6.07, 6.45) is 0. The van der Waals surface area contributed by atoms with Gasteiger partial charge in [0, 0.05) is 0 Å². The summed E-state index contributed by atoms with van der Waals surface area (Å²) in [5.41, 5.74) is 8.02. The van der Waals surface area contributed by atoms with Crippen LogP contribution in [-0.4, -0.2) is 16.6 Å². The molecular formula is C6H5N3OS. The lowest BCUT2D eigenvalue weighted by atomic mass is 10.3. The van der Waals surface area contributed by atoms with Gasteiger partial charge in [-0.1, -0.05) is 0 Å². The van der Waals surface area contributed by atoms with Gasteiger partial charge < -0.3 is 5.73 Å². The third-order valence-corrected chi connectivity index (χ3v) is 2.35. The number of thiazole rings is 1. The van der Waals surface area contributed by atoms with Gasteiger partial charge in [0.1, 0.15) is 5.71 Å². The van der Waals surface area contributed by atoms with Crippen molar-refractivity contribution in [2.45, 2.75) is 6.54 Å². The number of carbonyl (C=O) groups excluding carboxylic acids is 1. The molecule has 1 aromatic rings. The minimum Gasteiger partial charge on any atom is -0.364 e. The molecule has 0 unspecified atom stereocenters. The molecule has 2 N–H and O–H groups in total. The quantitative estimate of drug-likeness (QED) is 0.636. The van der Waals surface area contributed by atoms with E-state index >= 15 is 0 Å². The lowest BCUT2D eigenvalue weighted by molar-refractivity contribution is -0.111. The summed E-state index contributed by atoms with van der Waals surface area (Å²) in [5, 5.41) is 0. The first-order valence-corrected chi connectivity index (χ1v) is 3.94. The smallest absolute Gasteiger partial charge is 0.268 e. The van der Waals surface area contributed by atoms with Crippen LogP contribution in [0.3, 0.4) is 0 Å². The summed E-state index contributed by atoms with van der Waals surface area (Å²) < 4.78 is 0. The van der Waals surface area contributed by atoms with E-state index in [0.717, 1.165) is 10.6 Å². The molecule has 2 rings (SSSR count). The molecule has 1 aliphatic heterocycles. The number of fused-ring (bicyclic) bond motifs is 1. The topological polar surface area (TPSA) is 68.3 Å². The van der Waals surface area contributed by atoms with E-state index in [0.29, 0.717) is 12.3 Å². The average Bonchev–Trinajstić information content (AvgIpc) is 2.41. The summed E-state index contributed by atoms with van der Waals surface area (Å²) >= 11 is 1.41. The molecule has 0 spiro atoms. The van der Waals surface area contributed by atoms with Gasteiger partial charge >= 0.3 is 0 Å². The highest BCUT2D eigenvalue weighted by molar-refractivity contribution is 7.13. The van der Waals surface area contributed by atoms with Crippen LogP contribution in [0.15, 0.2) is 10.5 Å². The molecule has 0 radical (unpaired) electrons. The van der Waals surface area contributed by atoms with Crippen molar-refractivity contribution in [1.82, 2.24) is 4.98 Å². The van der Waals surface area contributed by atoms with Crippen molar-refractivity contribution in [1.29, 1.82) is 0 Å². The fourth-order valence-corrected chi connectivity index (χ4v) is 1.81. The zero-order chi connectivity index (χ0) is 7.84. The van der Waals surface area contributed by atoms with E-state index < -0.39 is 5.91 Å². The number of nitrogens with zero attached hydrogens (tertiary/aromatic N) is 2. The minimum atomic E-state index is -0.465. The lowest BCUT2D eigenvalue weighted by Gasteiger charge is -1.89. The molecule has 0 aromatic carbocycles. The first-order valence-electron chi connectivity index (χ1n) is 3.06. The Morgan fingerprint density at radius 2 is 2.55 bits per heavy atom. The molecule has 4 nitrogen and oxygen atoms in total. The monoisotopic (exact) mass is 167 g/mol. The van der Waals surface area contributed by atoms with E-state index in [1.807, 2.05) is 0 Å². The molecule has 1 aromatic heterocycles. The highest BCUT2D eigenvalue weighted by Gasteiger charge is 2.22. The molecule has 2 heterocycles. The Morgan fingerprint density at radius 3 is 3.27 bits per heavy atom. The highest BCUT2D eigenvalue weighted by atomic mass is 32.1. The molecular weight excluding hydrogens is 162 g/mol. The summed E-state index contributed by atoms with van der Waals surface area (Å²) in [7, 11) is 0. The van der Waals surface area contributed by atoms with Crippen LogP contribution in [-0.2, 0) is 11.3 Å². The van der Waals surface area contributed by atoms with Gasteiger partial charge in [0.15, 0.2) is 0 Å². The summed E-state index contributed by atoms with van der Waals surface area (Å²) in [5.74, 6) is -0.465. The predicted molar refractivity (Wildman–Crippen MR) is 41.5 cm³/mol. The number of aromatic nitrogens is 1. The van der Waals surface area contributed by atoms with Crippen LogP contribution >= 0.6 is 11.3 Å². The van der Waals surface area contributed by atoms with E-state index in [2.05, 4.69) is 9.98 Å². The molecule has 0 saturated heterocycles. The van der Waals surface area contributed by atoms with Crippen molar-refractivity contribution in [3.05, 3.63) is 16.1 Å². The molecule has 0 bridgehead atoms. The van der Waals surface area contributed by atoms with Crippen LogP contribution in [0.5, 0.6) is 0 Å². The molecule has 11 heavy (non-hydrogen) atoms. The minimum absolute atomic E-state index is 0.377. The van der Waals surface area contributed by atoms with Crippen LogP contribution in [0.4, 0.5) is 0 Å². The predicted octanol–water partition coefficient (Wildman–Crippen LogP) is -0.0689. The zero-order valence-corrected chi connectivity index (χ0v) is 6.39. The van der Waals surface area contributed by atoms with Crippen LogP contribution in [0.25, 0.3) is 0 Å². The van der Waals surface area contributed by atoms with Crippen molar-refractivity contribution < 1.29 is 4.79 Å². The molecule has 56 valence electrons. The van der Waals surface area contributed by atoms with E-state index in [1.165, 1.54) is 11.3 Å². The molecule has 0 saturated carbocycles. The normalized spacial score (nSPS) is 14.4. The van der Waals surface area contributed by atoms with E-state index in [9.17, 15) is 4.79 Å². The molecule has 5 heteroatoms. The third kappa shape index (κ3) is 0.848. The molecule has 1 aliphatic rings. The number of primary amides is 1. The van der Waals surface area contributed by atoms with Gasteiger partial charge in [0.25, 0.3) is 5.91 Å². The van der Waals surface area contributed by atoms with Gasteiger partial charge in [-0.05, 0) is 0 Å². The maximum Gasteiger partial charge on any atom is 0.268 e. The molecule has 0 aliphatic carbocycles. The maximum atomic E-state index is 10.7. The van der Waals surface area contributed by atoms with Gasteiger partial charge in [0.2, 0.25) is 0 Å². The fraction of sp³-hybridized carbons (Fsp3) is 0.167. The summed E-state index contributed by atoms with van der Waals surface area (Å²) in [6, 6.07) is 0. The van der Waals surface area contributed by atoms with Crippen LogP contribution in [0, 0.1) is 0 Å². The fourth-order valence-electron chi connectivity index (χ4n) is 0.990. The van der Waals surface area contributed by atoms with Gasteiger partial charge in [-0.15, -0.1) is 11.3 Å². The van der Waals surface area contributed by atoms with E-state index in [-0.39, 0.29) is 0 Å². The van der Waals surface area contributed by atoms with Gasteiger partial charge in [-0.2, -0.15) is 0 Å². The first-order chi connectivity index (χ1) is 5.29. The second kappa shape index (κ2) is 2.13. The van der Waals surface area contributed by atoms with Crippen molar-refractivity contribution in [2.24, 2.45) is 10.7 Å². The largest absolute Gasteiger partial charge is 0.364 e. The number of carbonyl (C=O) groups is 1. The van der Waals surface area contributed by atoms with Crippen LogP contribution in [0.2, 0.25) is 0 Å². The number of aliphatic imine (C=N–C) groups is 1. The number of hydrogen-bond acceptors (Lipinski definition) is 4. The van der Waals surface area contributed by atoms with Crippen LogP contribution in [0.1, 0.15) is 10.6 Å². The van der Waals surface area contributed by atoms with Gasteiger partial charge in [-0.25, -0.2) is 4.98 Å². The Kier molecular flexibility index (Phi) is 1.25. The Hall–Kier alpha value is -1.23. The first kappa shape index (κ1) is 6.48. The Morgan fingerprint density at radius 1 is 1.73 bits per heavy atom. The zero-order valence-electron chi connectivity index (χ0n) is 5.57. The average molecular weight is 167 g/mol. The van der Waals surface area contributed by atoms with Crippen molar-refractivity contribution >= 4 is 23.0 Å². The van der Waals surface area contributed by atoms with Crippen molar-refractivity contribution in [2.75, 3.05) is 0 Å². The van der Waals surface area contributed by atoms with Gasteiger partial charge in [-0.3, -0.25) is 9.79 Å². The molecule has 0 fully saturated rings. The Bertz CT molecular complexity index is 341. The van der Waals surface area contributed by atoms with Gasteiger partial charge in [0.05, 0.1) is 22.6 Å². The van der Waals surface area contributed by atoms with Crippen LogP contribution < -0.4 is 5.73 Å². The standard InChI is InChI=1S/C6H5N3OS/c7-6(10)4-5-3(1-8-4)9-2-11-5/h2H,1H2,(H2,7,10). The van der Waals surface area contributed by atoms with Crippen molar-refractivity contribution in [3.63, 3.8) is 0 Å². The Labute approximate surface area is 66.8 Å². The number of rotatable bonds is 1. The van der Waals surface area contributed by atoms with E-state index in [4.69, 9.17) is 5.73 Å². The SMILES string of the molecule is NC(=O)C1=NCc2ncsc21. The lowest BCUT2D eigenvalue weighted by Crippen LogP contribution is -2.21. The number of amides is 1. The highest BCUT2D eigenvalue weighted by Crippen LogP contribution is 2.21. The number of hydrogen-bond donors (Lipinski definition) is 1. The second-order valence-electron chi connectivity index (χ2n) is 2.16. The van der Waals surface area contributed by atoms with Crippen molar-refractivity contribution in [3.8, 4) is 0 Å². The summed E-state index contributed by atoms with van der Waals surface area (Å²) in [6.45, 7) is 0.497. The second-order valence-corrected chi connectivity index (χ2v) is 3.01. The third-order valence-electron chi connectivity index (χ3n) is 1.48.